The van der Waals surface area contributed by atoms with Crippen molar-refractivity contribution in [1.82, 2.24) is 9.78 Å². The number of ether oxygens (including phenoxy) is 1. The summed E-state index contributed by atoms with van der Waals surface area (Å²) < 4.78 is 20.5. The first-order valence-electron chi connectivity index (χ1n) is 8.26. The van der Waals surface area contributed by atoms with Gasteiger partial charge in [0.05, 0.1) is 23.6 Å². The number of benzene rings is 1. The van der Waals surface area contributed by atoms with E-state index < -0.39 is 0 Å². The van der Waals surface area contributed by atoms with Gasteiger partial charge in [-0.15, -0.1) is 0 Å². The zero-order valence-corrected chi connectivity index (χ0v) is 13.8. The van der Waals surface area contributed by atoms with Crippen LogP contribution in [-0.2, 0) is 11.2 Å². The van der Waals surface area contributed by atoms with Gasteiger partial charge in [0.25, 0.3) is 0 Å². The third-order valence-electron chi connectivity index (χ3n) is 4.44. The number of nitrogens with one attached hydrogen (secondary N) is 1. The van der Waals surface area contributed by atoms with Crippen LogP contribution >= 0.6 is 0 Å². The summed E-state index contributed by atoms with van der Waals surface area (Å²) in [6, 6.07) is 7.39. The molecule has 2 heterocycles. The van der Waals surface area contributed by atoms with Crippen LogP contribution in [0, 0.1) is 12.7 Å². The van der Waals surface area contributed by atoms with Crippen molar-refractivity contribution in [3.05, 3.63) is 47.5 Å². The van der Waals surface area contributed by atoms with Crippen molar-refractivity contribution in [3.63, 3.8) is 0 Å². The molecule has 0 saturated carbocycles. The third kappa shape index (κ3) is 3.91. The minimum Gasteiger partial charge on any atom is -0.381 e. The second kappa shape index (κ2) is 7.13. The van der Waals surface area contributed by atoms with Gasteiger partial charge in [-0.25, -0.2) is 4.39 Å². The van der Waals surface area contributed by atoms with Crippen molar-refractivity contribution < 1.29 is 9.13 Å². The molecule has 2 aromatic rings. The summed E-state index contributed by atoms with van der Waals surface area (Å²) in [6.07, 6.45) is 4.80. The quantitative estimate of drug-likeness (QED) is 0.913. The van der Waals surface area contributed by atoms with E-state index in [-0.39, 0.29) is 11.9 Å². The average Bonchev–Trinajstić information content (AvgIpc) is 2.91. The minimum atomic E-state index is -0.192. The number of hydrogen-bond donors (Lipinski definition) is 1. The average molecular weight is 317 g/mol. The Labute approximate surface area is 136 Å². The molecule has 124 valence electrons. The Morgan fingerprint density at radius 1 is 1.30 bits per heavy atom. The topological polar surface area (TPSA) is 39.1 Å². The van der Waals surface area contributed by atoms with Crippen molar-refractivity contribution in [2.24, 2.45) is 0 Å². The Balaban J connectivity index is 1.63. The molecule has 1 atom stereocenters. The summed E-state index contributed by atoms with van der Waals surface area (Å²) in [5.74, 6) is -0.192. The molecule has 3 rings (SSSR count). The van der Waals surface area contributed by atoms with Gasteiger partial charge in [0.1, 0.15) is 5.82 Å². The van der Waals surface area contributed by atoms with E-state index >= 15 is 0 Å². The molecule has 1 unspecified atom stereocenters. The highest BCUT2D eigenvalue weighted by Crippen LogP contribution is 2.25. The van der Waals surface area contributed by atoms with Crippen molar-refractivity contribution in [2.75, 3.05) is 18.5 Å². The van der Waals surface area contributed by atoms with E-state index in [0.717, 1.165) is 43.7 Å². The van der Waals surface area contributed by atoms with Gasteiger partial charge in [0.2, 0.25) is 0 Å². The molecule has 0 radical (unpaired) electrons. The molecule has 1 saturated heterocycles. The van der Waals surface area contributed by atoms with Gasteiger partial charge >= 0.3 is 0 Å². The van der Waals surface area contributed by atoms with Crippen molar-refractivity contribution in [1.29, 1.82) is 0 Å². The number of halogens is 1. The molecule has 5 heteroatoms. The molecule has 0 amide bonds. The van der Waals surface area contributed by atoms with E-state index in [2.05, 4.69) is 28.9 Å². The standard InChI is InChI=1S/C18H24FN3O/c1-13(11-15-3-5-16(19)6-4-15)21-18-12-20-22(14(18)2)17-7-9-23-10-8-17/h3-6,12-13,17,21H,7-11H2,1-2H3. The van der Waals surface area contributed by atoms with Gasteiger partial charge in [-0.1, -0.05) is 12.1 Å². The maximum atomic E-state index is 13.0. The largest absolute Gasteiger partial charge is 0.381 e. The molecule has 1 aromatic heterocycles. The fourth-order valence-electron chi connectivity index (χ4n) is 3.15. The summed E-state index contributed by atoms with van der Waals surface area (Å²) in [4.78, 5) is 0. The minimum absolute atomic E-state index is 0.192. The van der Waals surface area contributed by atoms with E-state index in [9.17, 15) is 4.39 Å². The van der Waals surface area contributed by atoms with E-state index in [1.807, 2.05) is 18.3 Å². The van der Waals surface area contributed by atoms with Crippen LogP contribution in [0.15, 0.2) is 30.5 Å². The van der Waals surface area contributed by atoms with Crippen LogP contribution in [0.1, 0.15) is 37.1 Å². The van der Waals surface area contributed by atoms with Crippen LogP contribution in [-0.4, -0.2) is 29.0 Å². The van der Waals surface area contributed by atoms with Crippen LogP contribution in [0.3, 0.4) is 0 Å². The van der Waals surface area contributed by atoms with Crippen LogP contribution in [0.2, 0.25) is 0 Å². The lowest BCUT2D eigenvalue weighted by Crippen LogP contribution is -2.22. The van der Waals surface area contributed by atoms with E-state index in [4.69, 9.17) is 4.74 Å². The summed E-state index contributed by atoms with van der Waals surface area (Å²) in [5, 5.41) is 8.08. The molecule has 1 aliphatic heterocycles. The lowest BCUT2D eigenvalue weighted by Gasteiger charge is -2.24. The smallest absolute Gasteiger partial charge is 0.123 e. The van der Waals surface area contributed by atoms with E-state index in [1.165, 1.54) is 17.8 Å². The maximum absolute atomic E-state index is 13.0. The van der Waals surface area contributed by atoms with Gasteiger partial charge < -0.3 is 10.1 Å². The SMILES string of the molecule is Cc1c(NC(C)Cc2ccc(F)cc2)cnn1C1CCOCC1. The highest BCUT2D eigenvalue weighted by Gasteiger charge is 2.19. The summed E-state index contributed by atoms with van der Waals surface area (Å²) in [6.45, 7) is 5.87. The fourth-order valence-corrected chi connectivity index (χ4v) is 3.15. The van der Waals surface area contributed by atoms with Crippen molar-refractivity contribution >= 4 is 5.69 Å². The molecule has 4 nitrogen and oxygen atoms in total. The number of anilines is 1. The van der Waals surface area contributed by atoms with Gasteiger partial charge in [-0.2, -0.15) is 5.10 Å². The maximum Gasteiger partial charge on any atom is 0.123 e. The Bertz CT molecular complexity index is 632. The Kier molecular flexibility index (Phi) is 4.96. The highest BCUT2D eigenvalue weighted by molar-refractivity contribution is 5.47. The first-order chi connectivity index (χ1) is 11.1. The second-order valence-corrected chi connectivity index (χ2v) is 6.31. The van der Waals surface area contributed by atoms with Gasteiger partial charge in [-0.3, -0.25) is 4.68 Å². The number of rotatable bonds is 5. The highest BCUT2D eigenvalue weighted by atomic mass is 19.1. The summed E-state index contributed by atoms with van der Waals surface area (Å²) in [5.41, 5.74) is 3.37. The second-order valence-electron chi connectivity index (χ2n) is 6.31. The van der Waals surface area contributed by atoms with Crippen LogP contribution in [0.5, 0.6) is 0 Å². The van der Waals surface area contributed by atoms with E-state index in [0.29, 0.717) is 6.04 Å². The Morgan fingerprint density at radius 2 is 2.00 bits per heavy atom. The van der Waals surface area contributed by atoms with Crippen molar-refractivity contribution in [3.8, 4) is 0 Å². The third-order valence-corrected chi connectivity index (χ3v) is 4.44. The zero-order chi connectivity index (χ0) is 16.2. The van der Waals surface area contributed by atoms with Crippen LogP contribution in [0.25, 0.3) is 0 Å². The Morgan fingerprint density at radius 3 is 2.70 bits per heavy atom. The fraction of sp³-hybridized carbons (Fsp3) is 0.500. The molecule has 1 fully saturated rings. The number of aromatic nitrogens is 2. The van der Waals surface area contributed by atoms with Gasteiger partial charge in [0.15, 0.2) is 0 Å². The predicted molar refractivity (Wildman–Crippen MR) is 89.2 cm³/mol. The summed E-state index contributed by atoms with van der Waals surface area (Å²) >= 11 is 0. The number of hydrogen-bond acceptors (Lipinski definition) is 3. The molecule has 0 aliphatic carbocycles. The Hall–Kier alpha value is -1.88. The summed E-state index contributed by atoms with van der Waals surface area (Å²) in [7, 11) is 0. The molecular weight excluding hydrogens is 293 g/mol. The van der Waals surface area contributed by atoms with Crippen molar-refractivity contribution in [2.45, 2.75) is 45.2 Å². The number of nitrogens with zero attached hydrogens (tertiary/aromatic N) is 2. The first kappa shape index (κ1) is 16.0. The van der Waals surface area contributed by atoms with Gasteiger partial charge in [-0.05, 0) is 50.8 Å². The zero-order valence-electron chi connectivity index (χ0n) is 13.8. The van der Waals surface area contributed by atoms with Crippen LogP contribution < -0.4 is 5.32 Å². The molecule has 0 bridgehead atoms. The molecule has 0 spiro atoms. The first-order valence-corrected chi connectivity index (χ1v) is 8.26. The monoisotopic (exact) mass is 317 g/mol. The lowest BCUT2D eigenvalue weighted by molar-refractivity contribution is 0.0657. The predicted octanol–water partition coefficient (Wildman–Crippen LogP) is 3.73. The van der Waals surface area contributed by atoms with Gasteiger partial charge in [0, 0.05) is 19.3 Å². The molecule has 23 heavy (non-hydrogen) atoms. The van der Waals surface area contributed by atoms with Crippen LogP contribution in [0.4, 0.5) is 10.1 Å². The molecule has 1 N–H and O–H groups in total. The molecular formula is C18H24FN3O. The molecule has 1 aromatic carbocycles. The van der Waals surface area contributed by atoms with E-state index in [1.54, 1.807) is 0 Å². The normalized spacial score (nSPS) is 17.2. The lowest BCUT2D eigenvalue weighted by atomic mass is 10.1. The molecule has 1 aliphatic rings.